The smallest absolute Gasteiger partial charge is 0.332 e. The second-order valence-electron chi connectivity index (χ2n) is 6.31. The van der Waals surface area contributed by atoms with Crippen LogP contribution < -0.4 is 11.1 Å². The van der Waals surface area contributed by atoms with Crippen LogP contribution in [0, 0.1) is 5.92 Å². The Morgan fingerprint density at radius 1 is 1.33 bits per heavy atom. The molecule has 1 saturated heterocycles. The van der Waals surface area contributed by atoms with Crippen LogP contribution in [0.5, 0.6) is 0 Å². The third-order valence-electron chi connectivity index (χ3n) is 5.02. The molecule has 24 heavy (non-hydrogen) atoms. The molecule has 2 aromatic heterocycles. The fourth-order valence-corrected chi connectivity index (χ4v) is 4.35. The van der Waals surface area contributed by atoms with E-state index in [0.29, 0.717) is 37.6 Å². The minimum absolute atomic E-state index is 0.0208. The van der Waals surface area contributed by atoms with E-state index < -0.39 is 11.1 Å². The maximum Gasteiger partial charge on any atom is 0.332 e. The summed E-state index contributed by atoms with van der Waals surface area (Å²) < 4.78 is 2.75. The summed E-state index contributed by atoms with van der Waals surface area (Å²) in [7, 11) is 0. The van der Waals surface area contributed by atoms with Gasteiger partial charge in [0.15, 0.2) is 0 Å². The summed E-state index contributed by atoms with van der Waals surface area (Å²) in [6, 6.07) is 1.83. The second-order valence-corrected chi connectivity index (χ2v) is 7.09. The van der Waals surface area contributed by atoms with Gasteiger partial charge in [0.05, 0.1) is 5.56 Å². The number of fused-ring (bicyclic) bond motifs is 3. The van der Waals surface area contributed by atoms with Gasteiger partial charge >= 0.3 is 11.1 Å². The summed E-state index contributed by atoms with van der Waals surface area (Å²) in [5.41, 5.74) is -0.349. The van der Waals surface area contributed by atoms with Crippen molar-refractivity contribution in [2.75, 3.05) is 13.1 Å². The van der Waals surface area contributed by atoms with Crippen LogP contribution in [0.4, 0.5) is 0 Å². The molecule has 0 aliphatic carbocycles. The maximum absolute atomic E-state index is 12.6. The third kappa shape index (κ3) is 2.24. The first-order valence-electron chi connectivity index (χ1n) is 8.13. The molecule has 4 rings (SSSR count). The largest absolute Gasteiger partial charge is 0.338 e. The van der Waals surface area contributed by atoms with Crippen molar-refractivity contribution < 1.29 is 4.79 Å². The number of carbonyl (C=O) groups excluding carboxylic acids is 1. The van der Waals surface area contributed by atoms with Crippen molar-refractivity contribution in [2.45, 2.75) is 32.4 Å². The number of amides is 1. The molecular formula is C16H18N4O3S. The first-order valence-corrected chi connectivity index (χ1v) is 9.07. The van der Waals surface area contributed by atoms with E-state index in [1.807, 2.05) is 21.7 Å². The molecule has 2 aliphatic heterocycles. The first kappa shape index (κ1) is 15.3. The number of thiophene rings is 1. The van der Waals surface area contributed by atoms with Gasteiger partial charge in [-0.25, -0.2) is 4.68 Å². The quantitative estimate of drug-likeness (QED) is 0.752. The minimum atomic E-state index is -0.564. The molecule has 7 nitrogen and oxygen atoms in total. The van der Waals surface area contributed by atoms with E-state index in [2.05, 4.69) is 5.10 Å². The minimum Gasteiger partial charge on any atom is -0.338 e. The standard InChI is InChI=1S/C16H18N4O3S/c1-2-20-16(23)15(22)19-7-10-3-5-18(8-12(10)13(19)17-20)14(21)11-4-6-24-9-11/h4,6,9-10,12H,2-3,5,7-8H2,1H3/t10-,12+/m0/s1. The molecule has 0 aromatic carbocycles. The van der Waals surface area contributed by atoms with Gasteiger partial charge < -0.3 is 4.90 Å². The summed E-state index contributed by atoms with van der Waals surface area (Å²) in [6.45, 7) is 3.93. The Labute approximate surface area is 142 Å². The van der Waals surface area contributed by atoms with Crippen LogP contribution in [0.2, 0.25) is 0 Å². The molecule has 2 aliphatic rings. The van der Waals surface area contributed by atoms with Crippen LogP contribution in [0.3, 0.4) is 0 Å². The summed E-state index contributed by atoms with van der Waals surface area (Å²) >= 11 is 1.51. The monoisotopic (exact) mass is 346 g/mol. The van der Waals surface area contributed by atoms with Gasteiger partial charge in [-0.05, 0) is 30.7 Å². The Bertz CT molecular complexity index is 899. The van der Waals surface area contributed by atoms with Gasteiger partial charge in [0.25, 0.3) is 5.91 Å². The Kier molecular flexibility index (Phi) is 3.64. The van der Waals surface area contributed by atoms with Crippen LogP contribution >= 0.6 is 11.3 Å². The van der Waals surface area contributed by atoms with Gasteiger partial charge in [0, 0.05) is 37.5 Å². The van der Waals surface area contributed by atoms with E-state index >= 15 is 0 Å². The van der Waals surface area contributed by atoms with Crippen molar-refractivity contribution >= 4 is 17.2 Å². The van der Waals surface area contributed by atoms with E-state index in [1.165, 1.54) is 20.6 Å². The van der Waals surface area contributed by atoms with Crippen molar-refractivity contribution in [3.05, 3.63) is 48.9 Å². The molecule has 4 heterocycles. The van der Waals surface area contributed by atoms with Crippen LogP contribution in [0.1, 0.15) is 35.4 Å². The number of carbonyl (C=O) groups is 1. The number of hydrogen-bond donors (Lipinski definition) is 0. The van der Waals surface area contributed by atoms with Crippen molar-refractivity contribution in [1.29, 1.82) is 0 Å². The Balaban J connectivity index is 1.68. The highest BCUT2D eigenvalue weighted by molar-refractivity contribution is 7.08. The maximum atomic E-state index is 12.6. The predicted octanol–water partition coefficient (Wildman–Crippen LogP) is 0.746. The summed E-state index contributed by atoms with van der Waals surface area (Å²) in [4.78, 5) is 38.7. The number of hydrogen-bond acceptors (Lipinski definition) is 5. The molecule has 0 radical (unpaired) electrons. The third-order valence-corrected chi connectivity index (χ3v) is 5.71. The normalized spacial score (nSPS) is 22.3. The fourth-order valence-electron chi connectivity index (χ4n) is 3.72. The highest BCUT2D eigenvalue weighted by Gasteiger charge is 2.41. The van der Waals surface area contributed by atoms with E-state index in [4.69, 9.17) is 0 Å². The van der Waals surface area contributed by atoms with E-state index in [-0.39, 0.29) is 17.7 Å². The molecule has 0 saturated carbocycles. The van der Waals surface area contributed by atoms with Gasteiger partial charge in [-0.1, -0.05) is 0 Å². The lowest BCUT2D eigenvalue weighted by atomic mass is 9.87. The molecule has 126 valence electrons. The second kappa shape index (κ2) is 5.70. The fraction of sp³-hybridized carbons (Fsp3) is 0.500. The molecular weight excluding hydrogens is 328 g/mol. The van der Waals surface area contributed by atoms with Crippen LogP contribution in [0.15, 0.2) is 26.4 Å². The first-order chi connectivity index (χ1) is 11.6. The van der Waals surface area contributed by atoms with Gasteiger partial charge in [0.1, 0.15) is 5.82 Å². The average molecular weight is 346 g/mol. The molecule has 2 aromatic rings. The lowest BCUT2D eigenvalue weighted by Gasteiger charge is -2.34. The van der Waals surface area contributed by atoms with Gasteiger partial charge in [-0.15, -0.1) is 0 Å². The van der Waals surface area contributed by atoms with E-state index in [9.17, 15) is 14.4 Å². The molecule has 2 atom stereocenters. The Morgan fingerprint density at radius 3 is 2.88 bits per heavy atom. The van der Waals surface area contributed by atoms with E-state index in [1.54, 1.807) is 6.92 Å². The highest BCUT2D eigenvalue weighted by Crippen LogP contribution is 2.37. The number of aromatic nitrogens is 3. The zero-order valence-electron chi connectivity index (χ0n) is 13.3. The SMILES string of the molecule is CCn1nc2n(c(=O)c1=O)C[C@@H]1CCN(C(=O)c3ccsc3)C[C@@H]21. The van der Waals surface area contributed by atoms with E-state index in [0.717, 1.165) is 6.42 Å². The molecule has 0 N–H and O–H groups in total. The summed E-state index contributed by atoms with van der Waals surface area (Å²) in [5, 5.41) is 8.15. The molecule has 8 heteroatoms. The van der Waals surface area contributed by atoms with Crippen LogP contribution in [-0.4, -0.2) is 38.2 Å². The lowest BCUT2D eigenvalue weighted by Crippen LogP contribution is -2.44. The molecule has 1 amide bonds. The van der Waals surface area contributed by atoms with Gasteiger partial charge in [-0.2, -0.15) is 16.4 Å². The number of likely N-dealkylation sites (tertiary alicyclic amines) is 1. The Morgan fingerprint density at radius 2 is 2.17 bits per heavy atom. The number of aryl methyl sites for hydroxylation is 1. The van der Waals surface area contributed by atoms with Gasteiger partial charge in [0.2, 0.25) is 0 Å². The van der Waals surface area contributed by atoms with Gasteiger partial charge in [-0.3, -0.25) is 19.0 Å². The Hall–Kier alpha value is -2.22. The zero-order chi connectivity index (χ0) is 16.8. The molecule has 1 fully saturated rings. The highest BCUT2D eigenvalue weighted by atomic mass is 32.1. The summed E-state index contributed by atoms with van der Waals surface area (Å²) in [6.07, 6.45) is 0.823. The van der Waals surface area contributed by atoms with Crippen molar-refractivity contribution in [2.24, 2.45) is 5.92 Å². The average Bonchev–Trinajstić information content (AvgIpc) is 3.24. The number of rotatable bonds is 2. The molecule has 0 unspecified atom stereocenters. The summed E-state index contributed by atoms with van der Waals surface area (Å²) in [5.74, 6) is 0.963. The van der Waals surface area contributed by atoms with Crippen LogP contribution in [0.25, 0.3) is 0 Å². The molecule has 0 spiro atoms. The lowest BCUT2D eigenvalue weighted by molar-refractivity contribution is 0.0668. The zero-order valence-corrected chi connectivity index (χ0v) is 14.2. The number of nitrogens with zero attached hydrogens (tertiary/aromatic N) is 4. The van der Waals surface area contributed by atoms with Crippen LogP contribution in [-0.2, 0) is 13.1 Å². The van der Waals surface area contributed by atoms with Crippen molar-refractivity contribution in [3.8, 4) is 0 Å². The number of piperidine rings is 1. The predicted molar refractivity (Wildman–Crippen MR) is 89.5 cm³/mol. The topological polar surface area (TPSA) is 77.2 Å². The van der Waals surface area contributed by atoms with Crippen molar-refractivity contribution in [3.63, 3.8) is 0 Å². The molecule has 0 bridgehead atoms. The van der Waals surface area contributed by atoms with Crippen molar-refractivity contribution in [1.82, 2.24) is 19.2 Å².